The molecule has 2 saturated heterocycles. The number of benzene rings is 2. The van der Waals surface area contributed by atoms with Gasteiger partial charge >= 0.3 is 0 Å². The van der Waals surface area contributed by atoms with Gasteiger partial charge in [0.1, 0.15) is 11.7 Å². The van der Waals surface area contributed by atoms with Gasteiger partial charge in [0.05, 0.1) is 19.8 Å². The Kier molecular flexibility index (Phi) is 6.85. The summed E-state index contributed by atoms with van der Waals surface area (Å²) in [7, 11) is 0.440. The van der Waals surface area contributed by atoms with Crippen LogP contribution in [-0.2, 0) is 28.1 Å². The SMILES string of the molecule is CO[C@]1(C)OC[C@](CO[Si](c2ccccc2)(c2ccccc2)C(C)(C)C)(C2CO2)O[C@@]1(C)OC. The maximum absolute atomic E-state index is 7.21. The van der Waals surface area contributed by atoms with Gasteiger partial charge in [-0.2, -0.15) is 0 Å². The van der Waals surface area contributed by atoms with Gasteiger partial charge in [0.2, 0.25) is 11.6 Å². The van der Waals surface area contributed by atoms with Gasteiger partial charge in [0.25, 0.3) is 8.32 Å². The van der Waals surface area contributed by atoms with Crippen LogP contribution in [0, 0.1) is 0 Å². The van der Waals surface area contributed by atoms with Gasteiger partial charge < -0.3 is 28.1 Å². The highest BCUT2D eigenvalue weighted by atomic mass is 28.4. The molecule has 0 bridgehead atoms. The van der Waals surface area contributed by atoms with Gasteiger partial charge in [-0.05, 0) is 29.3 Å². The maximum Gasteiger partial charge on any atom is 0.261 e. The highest BCUT2D eigenvalue weighted by molar-refractivity contribution is 6.99. The number of epoxide rings is 1. The molecule has 0 N–H and O–H groups in total. The fourth-order valence-electron chi connectivity index (χ4n) is 5.04. The molecular weight excluding hydrogens is 448 g/mol. The minimum absolute atomic E-state index is 0.137. The molecular formula is C27H38O6Si. The first-order chi connectivity index (χ1) is 16.1. The molecule has 4 rings (SSSR count). The van der Waals surface area contributed by atoms with E-state index in [1.165, 1.54) is 10.4 Å². The molecule has 2 aliphatic rings. The van der Waals surface area contributed by atoms with Crippen LogP contribution in [0.1, 0.15) is 34.6 Å². The summed E-state index contributed by atoms with van der Waals surface area (Å²) in [6, 6.07) is 21.2. The average molecular weight is 487 g/mol. The van der Waals surface area contributed by atoms with Gasteiger partial charge in [-0.3, -0.25) is 0 Å². The van der Waals surface area contributed by atoms with E-state index < -0.39 is 25.5 Å². The van der Waals surface area contributed by atoms with E-state index in [2.05, 4.69) is 69.3 Å². The van der Waals surface area contributed by atoms with Crippen molar-refractivity contribution in [3.8, 4) is 0 Å². The topological polar surface area (TPSA) is 58.7 Å². The molecule has 2 heterocycles. The third-order valence-electron chi connectivity index (χ3n) is 7.46. The zero-order valence-corrected chi connectivity index (χ0v) is 22.4. The van der Waals surface area contributed by atoms with Crippen LogP contribution in [0.15, 0.2) is 60.7 Å². The Hall–Kier alpha value is -1.58. The highest BCUT2D eigenvalue weighted by Gasteiger charge is 2.64. The molecule has 186 valence electrons. The Balaban J connectivity index is 1.77. The largest absolute Gasteiger partial charge is 0.404 e. The van der Waals surface area contributed by atoms with E-state index in [0.29, 0.717) is 13.2 Å². The molecule has 0 saturated carbocycles. The third kappa shape index (κ3) is 4.17. The lowest BCUT2D eigenvalue weighted by molar-refractivity contribution is -0.455. The van der Waals surface area contributed by atoms with Crippen molar-refractivity contribution in [3.63, 3.8) is 0 Å². The van der Waals surface area contributed by atoms with Gasteiger partial charge in [0, 0.05) is 14.2 Å². The van der Waals surface area contributed by atoms with Crippen LogP contribution in [0.3, 0.4) is 0 Å². The Morgan fingerprint density at radius 2 is 1.38 bits per heavy atom. The predicted octanol–water partition coefficient (Wildman–Crippen LogP) is 3.47. The first kappa shape index (κ1) is 25.5. The second kappa shape index (κ2) is 9.13. The Labute approximate surface area is 204 Å². The first-order valence-electron chi connectivity index (χ1n) is 11.9. The van der Waals surface area contributed by atoms with Crippen LogP contribution in [0.25, 0.3) is 0 Å². The Morgan fingerprint density at radius 3 is 1.79 bits per heavy atom. The summed E-state index contributed by atoms with van der Waals surface area (Å²) in [5.41, 5.74) is -0.824. The molecule has 2 aromatic carbocycles. The number of methoxy groups -OCH3 is 2. The van der Waals surface area contributed by atoms with Crippen molar-refractivity contribution in [2.45, 2.75) is 62.9 Å². The lowest BCUT2D eigenvalue weighted by Crippen LogP contribution is -2.72. The monoisotopic (exact) mass is 486 g/mol. The Morgan fingerprint density at radius 1 is 0.882 bits per heavy atom. The van der Waals surface area contributed by atoms with Crippen LogP contribution in [0.5, 0.6) is 0 Å². The van der Waals surface area contributed by atoms with Gasteiger partial charge in [-0.25, -0.2) is 0 Å². The van der Waals surface area contributed by atoms with Gasteiger partial charge in [-0.15, -0.1) is 0 Å². The van der Waals surface area contributed by atoms with Crippen molar-refractivity contribution in [1.29, 1.82) is 0 Å². The van der Waals surface area contributed by atoms with E-state index in [9.17, 15) is 0 Å². The van der Waals surface area contributed by atoms with E-state index in [1.54, 1.807) is 14.2 Å². The molecule has 0 aliphatic carbocycles. The van der Waals surface area contributed by atoms with E-state index in [4.69, 9.17) is 28.1 Å². The summed E-state index contributed by atoms with van der Waals surface area (Å²) in [6.07, 6.45) is -0.137. The summed E-state index contributed by atoms with van der Waals surface area (Å²) < 4.78 is 37.5. The number of ether oxygens (including phenoxy) is 5. The predicted molar refractivity (Wildman–Crippen MR) is 134 cm³/mol. The summed E-state index contributed by atoms with van der Waals surface area (Å²) in [4.78, 5) is 0. The normalized spacial score (nSPS) is 31.9. The molecule has 2 fully saturated rings. The maximum atomic E-state index is 7.21. The van der Waals surface area contributed by atoms with Crippen LogP contribution in [0.4, 0.5) is 0 Å². The van der Waals surface area contributed by atoms with Crippen molar-refractivity contribution < 1.29 is 28.1 Å². The summed E-state index contributed by atoms with van der Waals surface area (Å²) in [6.45, 7) is 11.6. The second-order valence-corrected chi connectivity index (χ2v) is 14.8. The number of hydrogen-bond donors (Lipinski definition) is 0. The first-order valence-corrected chi connectivity index (χ1v) is 13.8. The zero-order valence-electron chi connectivity index (χ0n) is 21.4. The third-order valence-corrected chi connectivity index (χ3v) is 12.4. The lowest BCUT2D eigenvalue weighted by atomic mass is 9.96. The van der Waals surface area contributed by atoms with E-state index >= 15 is 0 Å². The second-order valence-electron chi connectivity index (χ2n) is 10.5. The molecule has 0 radical (unpaired) electrons. The zero-order chi connectivity index (χ0) is 24.7. The van der Waals surface area contributed by atoms with Crippen LogP contribution in [-0.4, -0.2) is 65.6 Å². The van der Waals surface area contributed by atoms with Crippen LogP contribution < -0.4 is 10.4 Å². The molecule has 1 unspecified atom stereocenters. The van der Waals surface area contributed by atoms with Crippen LogP contribution >= 0.6 is 0 Å². The van der Waals surface area contributed by atoms with Crippen molar-refractivity contribution in [2.75, 3.05) is 34.0 Å². The van der Waals surface area contributed by atoms with Crippen molar-refractivity contribution in [1.82, 2.24) is 0 Å². The standard InChI is InChI=1S/C27H38O6Si/c1-24(2,3)34(21-14-10-8-11-15-21,22-16-12-9-13-17-22)32-20-27(23-18-30-23)19-31-25(4,28-6)26(5,29-7)33-27/h8-17,23H,18-20H2,1-7H3/t23?,25-,26-,27+/m1/s1. The van der Waals surface area contributed by atoms with Gasteiger partial charge in [-0.1, -0.05) is 81.4 Å². The fourth-order valence-corrected chi connectivity index (χ4v) is 9.66. The van der Waals surface area contributed by atoms with E-state index in [1.807, 2.05) is 26.0 Å². The quantitative estimate of drug-likeness (QED) is 0.421. The molecule has 4 atom stereocenters. The summed E-state index contributed by atoms with van der Waals surface area (Å²) in [5, 5.41) is 2.28. The molecule has 2 aromatic rings. The molecule has 2 aliphatic heterocycles. The van der Waals surface area contributed by atoms with Crippen molar-refractivity contribution in [3.05, 3.63) is 60.7 Å². The van der Waals surface area contributed by atoms with E-state index in [-0.39, 0.29) is 17.7 Å². The number of hydrogen-bond acceptors (Lipinski definition) is 6. The lowest BCUT2D eigenvalue weighted by Gasteiger charge is -2.54. The van der Waals surface area contributed by atoms with Crippen molar-refractivity contribution in [2.24, 2.45) is 0 Å². The minimum Gasteiger partial charge on any atom is -0.404 e. The molecule has 0 aromatic heterocycles. The molecule has 7 heteroatoms. The fraction of sp³-hybridized carbons (Fsp3) is 0.556. The summed E-state index contributed by atoms with van der Waals surface area (Å²) in [5.74, 6) is -2.20. The van der Waals surface area contributed by atoms with Gasteiger partial charge in [0.15, 0.2) is 0 Å². The highest BCUT2D eigenvalue weighted by Crippen LogP contribution is 2.46. The van der Waals surface area contributed by atoms with Crippen molar-refractivity contribution >= 4 is 18.7 Å². The molecule has 34 heavy (non-hydrogen) atoms. The molecule has 0 amide bonds. The number of rotatable bonds is 8. The molecule has 0 spiro atoms. The Bertz CT molecular complexity index is 921. The average Bonchev–Trinajstić information content (AvgIpc) is 3.68. The minimum atomic E-state index is -2.76. The van der Waals surface area contributed by atoms with Crippen LogP contribution in [0.2, 0.25) is 5.04 Å². The van der Waals surface area contributed by atoms with E-state index in [0.717, 1.165) is 0 Å². The molecule has 6 nitrogen and oxygen atoms in total. The summed E-state index contributed by atoms with van der Waals surface area (Å²) >= 11 is 0. The smallest absolute Gasteiger partial charge is 0.261 e.